The van der Waals surface area contributed by atoms with Crippen molar-refractivity contribution in [1.29, 1.82) is 0 Å². The lowest BCUT2D eigenvalue weighted by Crippen LogP contribution is -2.13. The summed E-state index contributed by atoms with van der Waals surface area (Å²) in [6, 6.07) is 8.37. The average Bonchev–Trinajstić information content (AvgIpc) is 2.67. The van der Waals surface area contributed by atoms with E-state index in [-0.39, 0.29) is 18.8 Å². The fourth-order valence-corrected chi connectivity index (χ4v) is 2.43. The van der Waals surface area contributed by atoms with Crippen LogP contribution in [0.2, 0.25) is 0 Å². The smallest absolute Gasteiger partial charge is 0.335 e. The van der Waals surface area contributed by atoms with E-state index >= 15 is 0 Å². The number of carbonyl (C=O) groups is 1. The molecular weight excluding hydrogens is 336 g/mol. The second-order valence-corrected chi connectivity index (χ2v) is 5.44. The first kappa shape index (κ1) is 17.7. The summed E-state index contributed by atoms with van der Waals surface area (Å²) in [5.41, 5.74) is 1.55. The highest BCUT2D eigenvalue weighted by Crippen LogP contribution is 2.25. The van der Waals surface area contributed by atoms with Crippen LogP contribution in [0.1, 0.15) is 10.4 Å². The van der Waals surface area contributed by atoms with Crippen LogP contribution in [0.3, 0.4) is 0 Å². The van der Waals surface area contributed by atoms with E-state index in [1.165, 1.54) is 6.07 Å². The molecule has 0 saturated heterocycles. The number of fused-ring (bicyclic) bond motifs is 1. The van der Waals surface area contributed by atoms with Gasteiger partial charge in [0.25, 0.3) is 0 Å². The van der Waals surface area contributed by atoms with Crippen LogP contribution in [0.25, 0.3) is 22.3 Å². The van der Waals surface area contributed by atoms with Crippen molar-refractivity contribution in [1.82, 2.24) is 15.0 Å². The largest absolute Gasteiger partial charge is 0.478 e. The molecule has 2 heterocycles. The molecule has 0 bridgehead atoms. The van der Waals surface area contributed by atoms with Crippen molar-refractivity contribution in [2.75, 3.05) is 31.7 Å². The van der Waals surface area contributed by atoms with Gasteiger partial charge in [0, 0.05) is 29.9 Å². The Hall–Kier alpha value is -3.10. The zero-order chi connectivity index (χ0) is 18.4. The summed E-state index contributed by atoms with van der Waals surface area (Å²) in [6.45, 7) is 1.06. The molecule has 0 fully saturated rings. The van der Waals surface area contributed by atoms with Crippen LogP contribution in [0, 0.1) is 0 Å². The SMILES string of the molecule is O=C(O)c1ccc2nc(-c3cccnc3)nc(NCCOCCO)c2c1. The van der Waals surface area contributed by atoms with Crippen LogP contribution >= 0.6 is 0 Å². The van der Waals surface area contributed by atoms with Gasteiger partial charge < -0.3 is 20.3 Å². The van der Waals surface area contributed by atoms with Crippen molar-refractivity contribution in [3.05, 3.63) is 48.3 Å². The van der Waals surface area contributed by atoms with Crippen LogP contribution < -0.4 is 5.32 Å². The predicted octanol–water partition coefficient (Wildman–Crippen LogP) is 1.81. The quantitative estimate of drug-likeness (QED) is 0.524. The third-order valence-electron chi connectivity index (χ3n) is 3.64. The van der Waals surface area contributed by atoms with E-state index in [2.05, 4.69) is 20.3 Å². The summed E-state index contributed by atoms with van der Waals surface area (Å²) in [5.74, 6) is -0.00234. The maximum absolute atomic E-state index is 11.3. The molecule has 0 unspecified atom stereocenters. The maximum Gasteiger partial charge on any atom is 0.335 e. The Bertz CT molecular complexity index is 902. The van der Waals surface area contributed by atoms with Gasteiger partial charge in [-0.05, 0) is 30.3 Å². The van der Waals surface area contributed by atoms with E-state index in [1.807, 2.05) is 6.07 Å². The second kappa shape index (κ2) is 8.32. The maximum atomic E-state index is 11.3. The first-order chi connectivity index (χ1) is 12.7. The third kappa shape index (κ3) is 4.11. The number of aliphatic hydroxyl groups excluding tert-OH is 1. The summed E-state index contributed by atoms with van der Waals surface area (Å²) in [6.07, 6.45) is 3.34. The van der Waals surface area contributed by atoms with E-state index in [9.17, 15) is 9.90 Å². The number of benzene rings is 1. The molecule has 0 amide bonds. The molecule has 0 aliphatic rings. The minimum atomic E-state index is -1.01. The summed E-state index contributed by atoms with van der Waals surface area (Å²) in [7, 11) is 0. The van der Waals surface area contributed by atoms with Crippen molar-refractivity contribution in [2.45, 2.75) is 0 Å². The monoisotopic (exact) mass is 354 g/mol. The molecular formula is C18H18N4O4. The van der Waals surface area contributed by atoms with Gasteiger partial charge in [-0.25, -0.2) is 14.8 Å². The number of anilines is 1. The van der Waals surface area contributed by atoms with Gasteiger partial charge in [0.15, 0.2) is 5.82 Å². The standard InChI is InChI=1S/C18H18N4O4/c23-7-9-26-8-6-20-17-14-10-12(18(24)25)3-4-15(14)21-16(22-17)13-2-1-5-19-11-13/h1-5,10-11,23H,6-9H2,(H,24,25)(H,20,21,22). The van der Waals surface area contributed by atoms with Crippen molar-refractivity contribution in [2.24, 2.45) is 0 Å². The first-order valence-electron chi connectivity index (χ1n) is 8.07. The lowest BCUT2D eigenvalue weighted by molar-refractivity contribution is 0.0697. The summed E-state index contributed by atoms with van der Waals surface area (Å²) in [4.78, 5) is 24.4. The fraction of sp³-hybridized carbons (Fsp3) is 0.222. The van der Waals surface area contributed by atoms with Crippen molar-refractivity contribution < 1.29 is 19.7 Å². The van der Waals surface area contributed by atoms with Gasteiger partial charge >= 0.3 is 5.97 Å². The number of ether oxygens (including phenoxy) is 1. The number of hydrogen-bond donors (Lipinski definition) is 3. The van der Waals surface area contributed by atoms with Crippen LogP contribution in [0.5, 0.6) is 0 Å². The fourth-order valence-electron chi connectivity index (χ4n) is 2.43. The molecule has 0 saturated carbocycles. The number of aromatic carboxylic acids is 1. The number of aromatic nitrogens is 3. The highest BCUT2D eigenvalue weighted by atomic mass is 16.5. The van der Waals surface area contributed by atoms with Gasteiger partial charge in [0.05, 0.1) is 30.9 Å². The Morgan fingerprint density at radius 3 is 2.81 bits per heavy atom. The Labute approximate surface area is 149 Å². The molecule has 1 aromatic carbocycles. The van der Waals surface area contributed by atoms with E-state index in [4.69, 9.17) is 9.84 Å². The second-order valence-electron chi connectivity index (χ2n) is 5.44. The lowest BCUT2D eigenvalue weighted by Gasteiger charge is -2.11. The Morgan fingerprint density at radius 1 is 1.19 bits per heavy atom. The first-order valence-corrected chi connectivity index (χ1v) is 8.07. The number of hydrogen-bond acceptors (Lipinski definition) is 7. The summed E-state index contributed by atoms with van der Waals surface area (Å²) >= 11 is 0. The molecule has 0 aliphatic heterocycles. The van der Waals surface area contributed by atoms with E-state index < -0.39 is 5.97 Å². The normalized spacial score (nSPS) is 10.8. The number of nitrogens with one attached hydrogen (secondary N) is 1. The number of aliphatic hydroxyl groups is 1. The molecule has 8 heteroatoms. The molecule has 0 spiro atoms. The minimum Gasteiger partial charge on any atom is -0.478 e. The molecule has 3 aromatic rings. The number of pyridine rings is 1. The predicted molar refractivity (Wildman–Crippen MR) is 96.1 cm³/mol. The number of rotatable bonds is 8. The highest BCUT2D eigenvalue weighted by molar-refractivity contribution is 5.97. The van der Waals surface area contributed by atoms with E-state index in [0.29, 0.717) is 35.7 Å². The number of carboxylic acids is 1. The Kier molecular flexibility index (Phi) is 5.67. The van der Waals surface area contributed by atoms with Crippen LogP contribution in [-0.4, -0.2) is 57.5 Å². The Morgan fingerprint density at radius 2 is 2.08 bits per heavy atom. The molecule has 3 N–H and O–H groups in total. The van der Waals surface area contributed by atoms with Gasteiger partial charge in [-0.15, -0.1) is 0 Å². The van der Waals surface area contributed by atoms with E-state index in [0.717, 1.165) is 5.56 Å². The number of nitrogens with zero attached hydrogens (tertiary/aromatic N) is 3. The summed E-state index contributed by atoms with van der Waals surface area (Å²) < 4.78 is 5.23. The van der Waals surface area contributed by atoms with Gasteiger partial charge in [-0.3, -0.25) is 4.98 Å². The molecule has 0 atom stereocenters. The zero-order valence-corrected chi connectivity index (χ0v) is 13.9. The molecule has 2 aromatic heterocycles. The Balaban J connectivity index is 1.98. The topological polar surface area (TPSA) is 117 Å². The van der Waals surface area contributed by atoms with Gasteiger partial charge in [-0.2, -0.15) is 0 Å². The molecule has 8 nitrogen and oxygen atoms in total. The molecule has 0 radical (unpaired) electrons. The average molecular weight is 354 g/mol. The number of carboxylic acid groups (broad SMARTS) is 1. The third-order valence-corrected chi connectivity index (χ3v) is 3.64. The van der Waals surface area contributed by atoms with Gasteiger partial charge in [0.2, 0.25) is 0 Å². The highest BCUT2D eigenvalue weighted by Gasteiger charge is 2.12. The van der Waals surface area contributed by atoms with Crippen LogP contribution in [0.15, 0.2) is 42.7 Å². The van der Waals surface area contributed by atoms with Crippen molar-refractivity contribution in [3.8, 4) is 11.4 Å². The van der Waals surface area contributed by atoms with Crippen LogP contribution in [-0.2, 0) is 4.74 Å². The lowest BCUT2D eigenvalue weighted by atomic mass is 10.1. The van der Waals surface area contributed by atoms with Crippen LogP contribution in [0.4, 0.5) is 5.82 Å². The van der Waals surface area contributed by atoms with Gasteiger partial charge in [-0.1, -0.05) is 0 Å². The van der Waals surface area contributed by atoms with Crippen molar-refractivity contribution >= 4 is 22.7 Å². The zero-order valence-electron chi connectivity index (χ0n) is 13.9. The molecule has 0 aliphatic carbocycles. The minimum absolute atomic E-state index is 0.0381. The molecule has 26 heavy (non-hydrogen) atoms. The van der Waals surface area contributed by atoms with Crippen molar-refractivity contribution in [3.63, 3.8) is 0 Å². The molecule has 3 rings (SSSR count). The van der Waals surface area contributed by atoms with E-state index in [1.54, 1.807) is 30.6 Å². The van der Waals surface area contributed by atoms with Gasteiger partial charge in [0.1, 0.15) is 5.82 Å². The summed E-state index contributed by atoms with van der Waals surface area (Å²) in [5, 5.41) is 21.7. The molecule has 134 valence electrons.